The lowest BCUT2D eigenvalue weighted by atomic mass is 9.84. The average Bonchev–Trinajstić information content (AvgIpc) is 2.67. The van der Waals surface area contributed by atoms with E-state index in [9.17, 15) is 9.18 Å². The summed E-state index contributed by atoms with van der Waals surface area (Å²) in [7, 11) is 0. The third-order valence-electron chi connectivity index (χ3n) is 4.69. The molecule has 2 aromatic rings. The van der Waals surface area contributed by atoms with Crippen LogP contribution in [-0.2, 0) is 10.2 Å². The van der Waals surface area contributed by atoms with Gasteiger partial charge in [-0.1, -0.05) is 37.6 Å². The van der Waals surface area contributed by atoms with Gasteiger partial charge in [0.1, 0.15) is 11.6 Å². The number of benzene rings is 1. The average molecular weight is 392 g/mol. The van der Waals surface area contributed by atoms with Gasteiger partial charge in [0.05, 0.1) is 23.8 Å². The number of carbonyl (C=O) groups is 1. The van der Waals surface area contributed by atoms with Crippen molar-refractivity contribution < 1.29 is 13.9 Å². The molecular weight excluding hydrogens is 369 g/mol. The predicted octanol–water partition coefficient (Wildman–Crippen LogP) is 3.74. The minimum Gasteiger partial charge on any atom is -0.378 e. The molecule has 1 fully saturated rings. The summed E-state index contributed by atoms with van der Waals surface area (Å²) in [6.45, 7) is 6.76. The molecule has 7 heteroatoms. The summed E-state index contributed by atoms with van der Waals surface area (Å²) in [6, 6.07) is 8.17. The number of rotatable bonds is 5. The second-order valence-corrected chi connectivity index (χ2v) is 7.61. The summed E-state index contributed by atoms with van der Waals surface area (Å²) < 4.78 is 18.8. The molecule has 1 aromatic heterocycles. The van der Waals surface area contributed by atoms with Gasteiger partial charge in [0.15, 0.2) is 0 Å². The molecular formula is C20H23ClFN3O2. The number of anilines is 1. The van der Waals surface area contributed by atoms with Gasteiger partial charge in [-0.05, 0) is 23.8 Å². The number of halogens is 2. The van der Waals surface area contributed by atoms with Gasteiger partial charge in [0, 0.05) is 31.2 Å². The fourth-order valence-corrected chi connectivity index (χ4v) is 3.18. The van der Waals surface area contributed by atoms with Crippen LogP contribution in [0, 0.1) is 5.82 Å². The highest BCUT2D eigenvalue weighted by Crippen LogP contribution is 2.27. The molecule has 1 aromatic carbocycles. The Bertz CT molecular complexity index is 823. The van der Waals surface area contributed by atoms with Crippen molar-refractivity contribution in [3.63, 3.8) is 0 Å². The number of hydrogen-bond donors (Lipinski definition) is 1. The quantitative estimate of drug-likeness (QED) is 0.843. The molecule has 1 N–H and O–H groups in total. The predicted molar refractivity (Wildman–Crippen MR) is 104 cm³/mol. The maximum absolute atomic E-state index is 13.5. The monoisotopic (exact) mass is 391 g/mol. The van der Waals surface area contributed by atoms with E-state index in [0.29, 0.717) is 49.3 Å². The van der Waals surface area contributed by atoms with Crippen LogP contribution in [-0.4, -0.2) is 48.6 Å². The maximum Gasteiger partial charge on any atom is 0.255 e. The van der Waals surface area contributed by atoms with Gasteiger partial charge in [-0.25, -0.2) is 9.37 Å². The first-order valence-electron chi connectivity index (χ1n) is 8.89. The summed E-state index contributed by atoms with van der Waals surface area (Å²) in [6.07, 6.45) is 1.53. The Kier molecular flexibility index (Phi) is 5.97. The SMILES string of the molecule is CC(C)(CNc1ncc(C(=O)N2CCOCC2)cc1Cl)c1cccc(F)c1. The highest BCUT2D eigenvalue weighted by molar-refractivity contribution is 6.33. The van der Waals surface area contributed by atoms with Gasteiger partial charge in [0.2, 0.25) is 0 Å². The van der Waals surface area contributed by atoms with E-state index >= 15 is 0 Å². The minimum atomic E-state index is -0.324. The van der Waals surface area contributed by atoms with Gasteiger partial charge in [-0.3, -0.25) is 4.79 Å². The Morgan fingerprint density at radius 1 is 1.33 bits per heavy atom. The number of aromatic nitrogens is 1. The smallest absolute Gasteiger partial charge is 0.255 e. The maximum atomic E-state index is 13.5. The van der Waals surface area contributed by atoms with E-state index in [1.807, 2.05) is 19.9 Å². The molecule has 0 spiro atoms. The first-order valence-corrected chi connectivity index (χ1v) is 9.27. The van der Waals surface area contributed by atoms with Crippen molar-refractivity contribution in [2.75, 3.05) is 38.2 Å². The van der Waals surface area contributed by atoms with E-state index < -0.39 is 0 Å². The van der Waals surface area contributed by atoms with Crippen molar-refractivity contribution in [1.82, 2.24) is 9.88 Å². The number of pyridine rings is 1. The Balaban J connectivity index is 1.68. The minimum absolute atomic E-state index is 0.0978. The fourth-order valence-electron chi connectivity index (χ4n) is 2.95. The van der Waals surface area contributed by atoms with Crippen LogP contribution in [0.5, 0.6) is 0 Å². The zero-order valence-electron chi connectivity index (χ0n) is 15.5. The second-order valence-electron chi connectivity index (χ2n) is 7.21. The molecule has 0 unspecified atom stereocenters. The van der Waals surface area contributed by atoms with Crippen molar-refractivity contribution in [1.29, 1.82) is 0 Å². The molecule has 3 rings (SSSR count). The summed E-state index contributed by atoms with van der Waals surface area (Å²) in [5.74, 6) is 0.140. The zero-order valence-corrected chi connectivity index (χ0v) is 16.2. The normalized spacial score (nSPS) is 14.9. The molecule has 0 saturated carbocycles. The lowest BCUT2D eigenvalue weighted by Crippen LogP contribution is -2.40. The van der Waals surface area contributed by atoms with Gasteiger partial charge in [0.25, 0.3) is 5.91 Å². The highest BCUT2D eigenvalue weighted by atomic mass is 35.5. The van der Waals surface area contributed by atoms with Crippen LogP contribution in [0.15, 0.2) is 36.5 Å². The number of ether oxygens (including phenoxy) is 1. The molecule has 0 atom stereocenters. The van der Waals surface area contributed by atoms with E-state index in [0.717, 1.165) is 5.56 Å². The third-order valence-corrected chi connectivity index (χ3v) is 4.98. The lowest BCUT2D eigenvalue weighted by Gasteiger charge is -2.27. The fraction of sp³-hybridized carbons (Fsp3) is 0.400. The van der Waals surface area contributed by atoms with Crippen LogP contribution in [0.2, 0.25) is 5.02 Å². The van der Waals surface area contributed by atoms with Gasteiger partial charge < -0.3 is 15.0 Å². The van der Waals surface area contributed by atoms with E-state index in [4.69, 9.17) is 16.3 Å². The van der Waals surface area contributed by atoms with Crippen LogP contribution in [0.25, 0.3) is 0 Å². The molecule has 27 heavy (non-hydrogen) atoms. The van der Waals surface area contributed by atoms with Crippen molar-refractivity contribution in [3.05, 3.63) is 58.5 Å². The topological polar surface area (TPSA) is 54.5 Å². The van der Waals surface area contributed by atoms with E-state index in [2.05, 4.69) is 10.3 Å². The molecule has 0 radical (unpaired) electrons. The van der Waals surface area contributed by atoms with E-state index in [-0.39, 0.29) is 17.1 Å². The van der Waals surface area contributed by atoms with Crippen molar-refractivity contribution >= 4 is 23.3 Å². The molecule has 1 aliphatic heterocycles. The summed E-state index contributed by atoms with van der Waals surface area (Å²) in [5.41, 5.74) is 1.01. The van der Waals surface area contributed by atoms with Crippen LogP contribution >= 0.6 is 11.6 Å². The van der Waals surface area contributed by atoms with Crippen molar-refractivity contribution in [2.45, 2.75) is 19.3 Å². The first-order chi connectivity index (χ1) is 12.9. The standard InChI is InChI=1S/C20H23ClFN3O2/c1-20(2,15-4-3-5-16(22)11-15)13-24-18-17(21)10-14(12-23-18)19(26)25-6-8-27-9-7-25/h3-5,10-12H,6-9,13H2,1-2H3,(H,23,24). The molecule has 0 bridgehead atoms. The van der Waals surface area contributed by atoms with Crippen LogP contribution in [0.4, 0.5) is 10.2 Å². The Labute approximate surface area is 163 Å². The Morgan fingerprint density at radius 2 is 2.07 bits per heavy atom. The molecule has 5 nitrogen and oxygen atoms in total. The molecule has 0 aliphatic carbocycles. The van der Waals surface area contributed by atoms with Crippen LogP contribution < -0.4 is 5.32 Å². The number of nitrogens with one attached hydrogen (secondary N) is 1. The lowest BCUT2D eigenvalue weighted by molar-refractivity contribution is 0.0302. The van der Waals surface area contributed by atoms with Crippen LogP contribution in [0.3, 0.4) is 0 Å². The molecule has 1 aliphatic rings. The van der Waals surface area contributed by atoms with Crippen LogP contribution in [0.1, 0.15) is 29.8 Å². The molecule has 1 amide bonds. The van der Waals surface area contributed by atoms with E-state index in [1.165, 1.54) is 18.3 Å². The Morgan fingerprint density at radius 3 is 2.74 bits per heavy atom. The highest BCUT2D eigenvalue weighted by Gasteiger charge is 2.23. The third kappa shape index (κ3) is 4.76. The number of amides is 1. The summed E-state index contributed by atoms with van der Waals surface area (Å²) >= 11 is 6.33. The zero-order chi connectivity index (χ0) is 19.4. The second kappa shape index (κ2) is 8.23. The number of nitrogens with zero attached hydrogens (tertiary/aromatic N) is 2. The molecule has 2 heterocycles. The number of hydrogen-bond acceptors (Lipinski definition) is 4. The largest absolute Gasteiger partial charge is 0.378 e. The molecule has 1 saturated heterocycles. The summed E-state index contributed by atoms with van der Waals surface area (Å²) in [5, 5.41) is 3.59. The first kappa shape index (κ1) is 19.6. The Hall–Kier alpha value is -2.18. The van der Waals surface area contributed by atoms with E-state index in [1.54, 1.807) is 17.0 Å². The number of carbonyl (C=O) groups excluding carboxylic acids is 1. The van der Waals surface area contributed by atoms with Gasteiger partial charge >= 0.3 is 0 Å². The van der Waals surface area contributed by atoms with Crippen molar-refractivity contribution in [3.8, 4) is 0 Å². The number of morpholine rings is 1. The van der Waals surface area contributed by atoms with Gasteiger partial charge in [-0.2, -0.15) is 0 Å². The van der Waals surface area contributed by atoms with Gasteiger partial charge in [-0.15, -0.1) is 0 Å². The molecule has 144 valence electrons. The summed E-state index contributed by atoms with van der Waals surface area (Å²) in [4.78, 5) is 18.6. The van der Waals surface area contributed by atoms with Crippen molar-refractivity contribution in [2.24, 2.45) is 0 Å².